The topological polar surface area (TPSA) is 98.5 Å². The van der Waals surface area contributed by atoms with E-state index in [4.69, 9.17) is 9.26 Å². The van der Waals surface area contributed by atoms with E-state index in [-0.39, 0.29) is 46.3 Å². The van der Waals surface area contributed by atoms with Crippen molar-refractivity contribution in [3.05, 3.63) is 58.8 Å². The second-order valence-corrected chi connectivity index (χ2v) is 10.2. The Morgan fingerprint density at radius 3 is 2.24 bits per heavy atom. The minimum absolute atomic E-state index is 0.0247. The lowest BCUT2D eigenvalue weighted by atomic mass is 9.97. The Balaban J connectivity index is 2.17. The maximum absolute atomic E-state index is 13.6. The molecule has 1 aromatic heterocycles. The van der Waals surface area contributed by atoms with Crippen molar-refractivity contribution in [2.75, 3.05) is 5.75 Å². The van der Waals surface area contributed by atoms with E-state index in [0.717, 1.165) is 0 Å². The molecular formula is C24H24F6N2O5S. The lowest BCUT2D eigenvalue weighted by Gasteiger charge is -2.23. The van der Waals surface area contributed by atoms with Gasteiger partial charge in [-0.3, -0.25) is 4.79 Å². The number of hydrogen-bond donors (Lipinski definition) is 1. The quantitative estimate of drug-likeness (QED) is 0.308. The molecule has 1 unspecified atom stereocenters. The van der Waals surface area contributed by atoms with Crippen LogP contribution in [-0.2, 0) is 33.8 Å². The molecule has 3 aromatic rings. The van der Waals surface area contributed by atoms with Crippen LogP contribution in [0.1, 0.15) is 55.2 Å². The van der Waals surface area contributed by atoms with Crippen molar-refractivity contribution < 1.29 is 48.8 Å². The Bertz CT molecular complexity index is 1390. The summed E-state index contributed by atoms with van der Waals surface area (Å²) in [5.41, 5.74) is -0.909. The largest absolute Gasteiger partial charge is 0.475 e. The molecule has 0 aliphatic rings. The number of amides is 1. The summed E-state index contributed by atoms with van der Waals surface area (Å²) in [6.07, 6.45) is -10.4. The highest BCUT2D eigenvalue weighted by atomic mass is 32.2. The van der Waals surface area contributed by atoms with Gasteiger partial charge in [0.05, 0.1) is 5.39 Å². The number of aromatic nitrogens is 1. The van der Waals surface area contributed by atoms with Crippen molar-refractivity contribution in [3.63, 3.8) is 0 Å². The number of ether oxygens (including phenoxy) is 1. The monoisotopic (exact) mass is 566 g/mol. The molecule has 1 heterocycles. The molecule has 1 N–H and O–H groups in total. The van der Waals surface area contributed by atoms with Gasteiger partial charge in [-0.1, -0.05) is 62.2 Å². The number of halogens is 6. The number of nitrogens with zero attached hydrogens (tertiary/aromatic N) is 1. The van der Waals surface area contributed by atoms with Crippen LogP contribution < -0.4 is 9.46 Å². The third-order valence-electron chi connectivity index (χ3n) is 5.36. The Morgan fingerprint density at radius 1 is 1.05 bits per heavy atom. The molecule has 0 spiro atoms. The molecule has 7 nitrogen and oxygen atoms in total. The zero-order chi connectivity index (χ0) is 28.3. The van der Waals surface area contributed by atoms with E-state index in [1.54, 1.807) is 19.9 Å². The summed E-state index contributed by atoms with van der Waals surface area (Å²) in [5, 5.41) is 2.89. The molecule has 0 aliphatic heterocycles. The number of carbonyl (C=O) groups is 1. The van der Waals surface area contributed by atoms with E-state index < -0.39 is 45.8 Å². The van der Waals surface area contributed by atoms with Crippen molar-refractivity contribution in [2.24, 2.45) is 0 Å². The first kappa shape index (κ1) is 29.3. The molecule has 0 saturated carbocycles. The van der Waals surface area contributed by atoms with Crippen LogP contribution in [0.3, 0.4) is 0 Å². The number of aryl methyl sites for hydroxylation is 2. The first-order chi connectivity index (χ1) is 17.7. The van der Waals surface area contributed by atoms with Crippen LogP contribution in [-0.4, -0.2) is 31.4 Å². The Hall–Kier alpha value is -3.29. The summed E-state index contributed by atoms with van der Waals surface area (Å²) in [6, 6.07) is 8.57. The minimum Gasteiger partial charge on any atom is -0.475 e. The van der Waals surface area contributed by atoms with Gasteiger partial charge < -0.3 is 9.26 Å². The zero-order valence-corrected chi connectivity index (χ0v) is 21.1. The number of carbonyl (C=O) groups excluding carboxylic acids is 1. The fourth-order valence-electron chi connectivity index (χ4n) is 3.95. The summed E-state index contributed by atoms with van der Waals surface area (Å²) < 4.78 is 115. The van der Waals surface area contributed by atoms with Gasteiger partial charge in [-0.15, -0.1) is 0 Å². The molecule has 2 aromatic carbocycles. The minimum atomic E-state index is -5.13. The van der Waals surface area contributed by atoms with Gasteiger partial charge >= 0.3 is 12.4 Å². The van der Waals surface area contributed by atoms with Gasteiger partial charge in [0.1, 0.15) is 5.75 Å². The first-order valence-corrected chi connectivity index (χ1v) is 13.2. The van der Waals surface area contributed by atoms with Crippen LogP contribution in [0.4, 0.5) is 26.3 Å². The van der Waals surface area contributed by atoms with Crippen LogP contribution in [0.5, 0.6) is 5.75 Å². The summed E-state index contributed by atoms with van der Waals surface area (Å²) in [5.74, 6) is -3.72. The molecule has 0 radical (unpaired) electrons. The van der Waals surface area contributed by atoms with Gasteiger partial charge in [0.25, 0.3) is 5.91 Å². The number of sulfonamides is 1. The smallest absolute Gasteiger partial charge is 0.437 e. The lowest BCUT2D eigenvalue weighted by Crippen LogP contribution is -2.41. The van der Waals surface area contributed by atoms with Crippen molar-refractivity contribution in [2.45, 2.75) is 58.0 Å². The van der Waals surface area contributed by atoms with Crippen molar-refractivity contribution in [3.8, 4) is 5.75 Å². The van der Waals surface area contributed by atoms with E-state index >= 15 is 0 Å². The number of nitrogens with one attached hydrogen (secondary N) is 1. The summed E-state index contributed by atoms with van der Waals surface area (Å²) in [4.78, 5) is 13.0. The molecule has 208 valence electrons. The normalized spacial score (nSPS) is 13.5. The maximum Gasteiger partial charge on any atom is 0.437 e. The molecule has 0 fully saturated rings. The Morgan fingerprint density at radius 2 is 1.68 bits per heavy atom. The van der Waals surface area contributed by atoms with Crippen LogP contribution in [0, 0.1) is 0 Å². The standard InChI is InChI=1S/C24H24F6N2O5S/c1-3-8-15-12-17-20(37-31-21(17)24(28,29)30)16(9-4-2)18(15)36-19(14-10-6-5-7-11-14)22(33)32-38(34,35)13-23(25,26)27/h5-7,10-12,19H,3-4,8-9,13H2,1-2H3,(H,32,33). The molecule has 0 saturated heterocycles. The predicted molar refractivity (Wildman–Crippen MR) is 125 cm³/mol. The maximum atomic E-state index is 13.6. The van der Waals surface area contributed by atoms with Gasteiger partial charge in [-0.05, 0) is 24.5 Å². The average molecular weight is 567 g/mol. The second kappa shape index (κ2) is 11.2. The van der Waals surface area contributed by atoms with Crippen LogP contribution in [0.15, 0.2) is 40.9 Å². The molecule has 3 rings (SSSR count). The third kappa shape index (κ3) is 6.97. The molecule has 14 heteroatoms. The van der Waals surface area contributed by atoms with E-state index in [9.17, 15) is 39.6 Å². The third-order valence-corrected chi connectivity index (χ3v) is 6.58. The van der Waals surface area contributed by atoms with Gasteiger partial charge in [0.2, 0.25) is 16.1 Å². The molecule has 1 amide bonds. The van der Waals surface area contributed by atoms with E-state index in [0.29, 0.717) is 12.8 Å². The van der Waals surface area contributed by atoms with E-state index in [1.165, 1.54) is 35.1 Å². The van der Waals surface area contributed by atoms with Gasteiger partial charge in [0, 0.05) is 11.1 Å². The van der Waals surface area contributed by atoms with Gasteiger partial charge in [-0.2, -0.15) is 26.3 Å². The number of fused-ring (bicyclic) bond motifs is 1. The Kier molecular flexibility index (Phi) is 8.64. The number of rotatable bonds is 10. The molecule has 1 atom stereocenters. The molecule has 0 bridgehead atoms. The van der Waals surface area contributed by atoms with Gasteiger partial charge in [0.15, 0.2) is 17.0 Å². The van der Waals surface area contributed by atoms with Gasteiger partial charge in [-0.25, -0.2) is 13.1 Å². The van der Waals surface area contributed by atoms with Crippen LogP contribution in [0.25, 0.3) is 11.0 Å². The van der Waals surface area contributed by atoms with Crippen LogP contribution >= 0.6 is 0 Å². The number of alkyl halides is 6. The highest BCUT2D eigenvalue weighted by molar-refractivity contribution is 7.90. The highest BCUT2D eigenvalue weighted by Crippen LogP contribution is 2.42. The summed E-state index contributed by atoms with van der Waals surface area (Å²) in [7, 11) is -5.13. The Labute approximate surface area is 214 Å². The molecular weight excluding hydrogens is 542 g/mol. The number of hydrogen-bond acceptors (Lipinski definition) is 6. The predicted octanol–water partition coefficient (Wildman–Crippen LogP) is 5.88. The second-order valence-electron chi connectivity index (χ2n) is 8.50. The first-order valence-electron chi connectivity index (χ1n) is 11.5. The lowest BCUT2D eigenvalue weighted by molar-refractivity contribution is -0.141. The van der Waals surface area contributed by atoms with Crippen molar-refractivity contribution >= 4 is 26.9 Å². The summed E-state index contributed by atoms with van der Waals surface area (Å²) in [6.45, 7) is 3.51. The van der Waals surface area contributed by atoms with Crippen molar-refractivity contribution in [1.82, 2.24) is 9.88 Å². The van der Waals surface area contributed by atoms with E-state index in [2.05, 4.69) is 5.16 Å². The highest BCUT2D eigenvalue weighted by Gasteiger charge is 2.40. The average Bonchev–Trinajstić information content (AvgIpc) is 3.22. The SMILES string of the molecule is CCCc1cc2c(C(F)(F)F)noc2c(CCC)c1OC(C(=O)NS(=O)(=O)CC(F)(F)F)c1ccccc1. The van der Waals surface area contributed by atoms with Crippen molar-refractivity contribution in [1.29, 1.82) is 0 Å². The fraction of sp³-hybridized carbons (Fsp3) is 0.417. The molecule has 0 aliphatic carbocycles. The molecule has 38 heavy (non-hydrogen) atoms. The zero-order valence-electron chi connectivity index (χ0n) is 20.2. The fourth-order valence-corrected chi connectivity index (χ4v) is 4.86. The summed E-state index contributed by atoms with van der Waals surface area (Å²) >= 11 is 0. The van der Waals surface area contributed by atoms with E-state index in [1.807, 2.05) is 0 Å². The number of benzene rings is 2. The van der Waals surface area contributed by atoms with Crippen LogP contribution in [0.2, 0.25) is 0 Å².